The Morgan fingerprint density at radius 1 is 0.962 bits per heavy atom. The fourth-order valence-corrected chi connectivity index (χ4v) is 4.50. The predicted octanol–water partition coefficient (Wildman–Crippen LogP) is 5.99. The third-order valence-corrected chi connectivity index (χ3v) is 10.6. The Kier molecular flexibility index (Phi) is 5.43. The molecule has 0 amide bonds. The van der Waals surface area contributed by atoms with Crippen molar-refractivity contribution in [2.75, 3.05) is 13.2 Å². The van der Waals surface area contributed by atoms with Crippen LogP contribution in [0, 0.1) is 5.92 Å². The highest BCUT2D eigenvalue weighted by Gasteiger charge is 2.45. The van der Waals surface area contributed by atoms with E-state index in [-0.39, 0.29) is 10.6 Å². The van der Waals surface area contributed by atoms with E-state index in [0.717, 1.165) is 19.6 Å². The summed E-state index contributed by atoms with van der Waals surface area (Å²) in [6.45, 7) is 13.1. The van der Waals surface area contributed by atoms with Gasteiger partial charge in [0.05, 0.1) is 6.61 Å². The lowest BCUT2D eigenvalue weighted by atomic mass is 9.82. The number of rotatable bonds is 5. The molecule has 2 aromatic rings. The Labute approximate surface area is 159 Å². The van der Waals surface area contributed by atoms with Crippen molar-refractivity contribution in [1.29, 1.82) is 0 Å². The van der Waals surface area contributed by atoms with Crippen LogP contribution in [0.1, 0.15) is 38.3 Å². The van der Waals surface area contributed by atoms with Crippen molar-refractivity contribution in [3.05, 3.63) is 71.8 Å². The van der Waals surface area contributed by atoms with Crippen LogP contribution in [0.25, 0.3) is 0 Å². The highest BCUT2D eigenvalue weighted by molar-refractivity contribution is 6.74. The molecule has 0 bridgehead atoms. The zero-order chi connectivity index (χ0) is 18.8. The first-order valence-electron chi connectivity index (χ1n) is 9.64. The van der Waals surface area contributed by atoms with Gasteiger partial charge in [0.1, 0.15) is 5.60 Å². The monoisotopic (exact) mass is 368 g/mol. The minimum absolute atomic E-state index is 0.239. The minimum Gasteiger partial charge on any atom is -0.416 e. The molecule has 0 radical (unpaired) electrons. The molecule has 1 aliphatic heterocycles. The van der Waals surface area contributed by atoms with E-state index in [0.29, 0.717) is 5.92 Å². The van der Waals surface area contributed by atoms with Crippen LogP contribution in [-0.4, -0.2) is 21.5 Å². The molecule has 140 valence electrons. The maximum atomic E-state index is 6.51. The molecule has 0 N–H and O–H groups in total. The van der Waals surface area contributed by atoms with Crippen molar-refractivity contribution in [2.45, 2.75) is 50.9 Å². The third-order valence-electron chi connectivity index (χ3n) is 6.11. The number of benzene rings is 2. The first-order valence-corrected chi connectivity index (χ1v) is 12.5. The van der Waals surface area contributed by atoms with Crippen molar-refractivity contribution in [3.63, 3.8) is 0 Å². The molecule has 2 nitrogen and oxygen atoms in total. The lowest BCUT2D eigenvalue weighted by Crippen LogP contribution is -2.42. The molecule has 0 aromatic heterocycles. The van der Waals surface area contributed by atoms with Crippen LogP contribution < -0.4 is 0 Å². The maximum Gasteiger partial charge on any atom is 0.191 e. The Morgan fingerprint density at radius 3 is 1.92 bits per heavy atom. The second-order valence-corrected chi connectivity index (χ2v) is 13.8. The van der Waals surface area contributed by atoms with E-state index in [9.17, 15) is 0 Å². The summed E-state index contributed by atoms with van der Waals surface area (Å²) in [5, 5.41) is 0.239. The Bertz CT molecular complexity index is 664. The quantitative estimate of drug-likeness (QED) is 0.604. The van der Waals surface area contributed by atoms with Crippen molar-refractivity contribution < 1.29 is 9.16 Å². The summed E-state index contributed by atoms with van der Waals surface area (Å²) in [6.07, 6.45) is 0.968. The average Bonchev–Trinajstić information content (AvgIpc) is 3.06. The lowest BCUT2D eigenvalue weighted by molar-refractivity contribution is 0.0332. The van der Waals surface area contributed by atoms with Gasteiger partial charge in [-0.2, -0.15) is 0 Å². The summed E-state index contributed by atoms with van der Waals surface area (Å²) in [6, 6.07) is 21.3. The Balaban J connectivity index is 1.81. The van der Waals surface area contributed by atoms with Gasteiger partial charge in [0.25, 0.3) is 0 Å². The van der Waals surface area contributed by atoms with Crippen molar-refractivity contribution in [3.8, 4) is 0 Å². The van der Waals surface area contributed by atoms with Crippen LogP contribution in [0.2, 0.25) is 18.1 Å². The van der Waals surface area contributed by atoms with Gasteiger partial charge >= 0.3 is 0 Å². The first-order chi connectivity index (χ1) is 12.2. The van der Waals surface area contributed by atoms with Crippen molar-refractivity contribution in [1.82, 2.24) is 0 Å². The minimum atomic E-state index is -1.73. The second kappa shape index (κ2) is 7.30. The Morgan fingerprint density at radius 2 is 1.46 bits per heavy atom. The van der Waals surface area contributed by atoms with Gasteiger partial charge in [-0.15, -0.1) is 0 Å². The van der Waals surface area contributed by atoms with Gasteiger partial charge in [0.15, 0.2) is 8.32 Å². The first kappa shape index (κ1) is 19.3. The van der Waals surface area contributed by atoms with E-state index in [2.05, 4.69) is 94.5 Å². The Hall–Kier alpha value is -1.42. The maximum absolute atomic E-state index is 6.51. The predicted molar refractivity (Wildman–Crippen MR) is 111 cm³/mol. The summed E-state index contributed by atoms with van der Waals surface area (Å²) >= 11 is 0. The molecule has 1 atom stereocenters. The van der Waals surface area contributed by atoms with Gasteiger partial charge in [0.2, 0.25) is 0 Å². The SMILES string of the molecule is CC(C)(C)[Si](C)(C)OCC1COC(c2ccccc2)(c2ccccc2)C1. The summed E-state index contributed by atoms with van der Waals surface area (Å²) < 4.78 is 13.0. The molecule has 3 heteroatoms. The van der Waals surface area contributed by atoms with Gasteiger partial charge < -0.3 is 9.16 Å². The fourth-order valence-electron chi connectivity index (χ4n) is 3.42. The van der Waals surface area contributed by atoms with E-state index in [1.807, 2.05) is 0 Å². The molecular formula is C23H32O2Si. The molecule has 1 fully saturated rings. The molecule has 1 unspecified atom stereocenters. The topological polar surface area (TPSA) is 18.5 Å². The summed E-state index contributed by atoms with van der Waals surface area (Å²) in [5.41, 5.74) is 2.12. The molecule has 0 spiro atoms. The van der Waals surface area contributed by atoms with Gasteiger partial charge in [-0.3, -0.25) is 0 Å². The van der Waals surface area contributed by atoms with Crippen LogP contribution >= 0.6 is 0 Å². The van der Waals surface area contributed by atoms with Crippen molar-refractivity contribution in [2.24, 2.45) is 5.92 Å². The lowest BCUT2D eigenvalue weighted by Gasteiger charge is -2.37. The van der Waals surface area contributed by atoms with Crippen LogP contribution in [0.3, 0.4) is 0 Å². The molecule has 2 aromatic carbocycles. The van der Waals surface area contributed by atoms with E-state index in [1.54, 1.807) is 0 Å². The summed E-state index contributed by atoms with van der Waals surface area (Å²) in [5.74, 6) is 0.421. The molecule has 3 rings (SSSR count). The largest absolute Gasteiger partial charge is 0.416 e. The zero-order valence-corrected chi connectivity index (χ0v) is 17.8. The molecule has 26 heavy (non-hydrogen) atoms. The fraction of sp³-hybridized carbons (Fsp3) is 0.478. The highest BCUT2D eigenvalue weighted by atomic mass is 28.4. The molecule has 1 aliphatic rings. The van der Waals surface area contributed by atoms with Gasteiger partial charge in [-0.1, -0.05) is 81.4 Å². The average molecular weight is 369 g/mol. The summed E-state index contributed by atoms with van der Waals surface area (Å²) in [7, 11) is -1.73. The zero-order valence-electron chi connectivity index (χ0n) is 16.8. The number of hydrogen-bond donors (Lipinski definition) is 0. The normalized spacial score (nSPS) is 20.3. The summed E-state index contributed by atoms with van der Waals surface area (Å²) in [4.78, 5) is 0. The number of ether oxygens (including phenoxy) is 1. The third kappa shape index (κ3) is 3.80. The van der Waals surface area contributed by atoms with E-state index < -0.39 is 8.32 Å². The van der Waals surface area contributed by atoms with Crippen LogP contribution in [0.5, 0.6) is 0 Å². The smallest absolute Gasteiger partial charge is 0.191 e. The van der Waals surface area contributed by atoms with Gasteiger partial charge in [-0.05, 0) is 35.7 Å². The molecule has 1 heterocycles. The van der Waals surface area contributed by atoms with E-state index in [1.165, 1.54) is 11.1 Å². The van der Waals surface area contributed by atoms with Gasteiger partial charge in [-0.25, -0.2) is 0 Å². The molecule has 0 aliphatic carbocycles. The molecule has 0 saturated carbocycles. The van der Waals surface area contributed by atoms with Crippen LogP contribution in [0.4, 0.5) is 0 Å². The number of hydrogen-bond acceptors (Lipinski definition) is 2. The van der Waals surface area contributed by atoms with E-state index >= 15 is 0 Å². The molecule has 1 saturated heterocycles. The van der Waals surface area contributed by atoms with E-state index in [4.69, 9.17) is 9.16 Å². The van der Waals surface area contributed by atoms with Gasteiger partial charge in [0, 0.05) is 12.5 Å². The van der Waals surface area contributed by atoms with Crippen LogP contribution in [0.15, 0.2) is 60.7 Å². The van der Waals surface area contributed by atoms with Crippen LogP contribution in [-0.2, 0) is 14.8 Å². The standard InChI is InChI=1S/C23H32O2Si/c1-22(2,3)26(4,5)25-18-19-16-23(24-17-19,20-12-8-6-9-13-20)21-14-10-7-11-15-21/h6-15,19H,16-18H2,1-5H3. The van der Waals surface area contributed by atoms with Crippen molar-refractivity contribution >= 4 is 8.32 Å². The molecular weight excluding hydrogens is 336 g/mol. The second-order valence-electron chi connectivity index (χ2n) is 9.01. The highest BCUT2D eigenvalue weighted by Crippen LogP contribution is 2.45.